The molecule has 0 aliphatic carbocycles. The van der Waals surface area contributed by atoms with Crippen LogP contribution in [0.15, 0.2) is 60.7 Å². The fourth-order valence-corrected chi connectivity index (χ4v) is 1.94. The van der Waals surface area contributed by atoms with E-state index in [0.717, 1.165) is 25.8 Å². The minimum absolute atomic E-state index is 0.266. The van der Waals surface area contributed by atoms with Crippen molar-refractivity contribution in [3.63, 3.8) is 0 Å². The molecule has 1 unspecified atom stereocenters. The summed E-state index contributed by atoms with van der Waals surface area (Å²) in [6.07, 6.45) is 3.17. The van der Waals surface area contributed by atoms with Gasteiger partial charge in [-0.1, -0.05) is 60.7 Å². The van der Waals surface area contributed by atoms with Crippen LogP contribution >= 0.6 is 0 Å². The van der Waals surface area contributed by atoms with E-state index in [9.17, 15) is 0 Å². The van der Waals surface area contributed by atoms with Crippen molar-refractivity contribution in [2.45, 2.75) is 32.2 Å². The Kier molecular flexibility index (Phi) is 8.36. The van der Waals surface area contributed by atoms with Crippen molar-refractivity contribution in [2.24, 2.45) is 11.5 Å². The van der Waals surface area contributed by atoms with E-state index < -0.39 is 0 Å². The van der Waals surface area contributed by atoms with Gasteiger partial charge in [-0.05, 0) is 43.9 Å². The second-order valence-corrected chi connectivity index (χ2v) is 5.04. The first-order chi connectivity index (χ1) is 9.72. The summed E-state index contributed by atoms with van der Waals surface area (Å²) in [4.78, 5) is 0. The number of aryl methyl sites for hydroxylation is 1. The highest BCUT2D eigenvalue weighted by Crippen LogP contribution is 2.01. The molecule has 0 radical (unpaired) electrons. The maximum atomic E-state index is 5.62. The van der Waals surface area contributed by atoms with Crippen molar-refractivity contribution in [2.75, 3.05) is 6.54 Å². The second kappa shape index (κ2) is 10.2. The monoisotopic (exact) mass is 270 g/mol. The molecule has 4 N–H and O–H groups in total. The molecule has 2 nitrogen and oxygen atoms in total. The average Bonchev–Trinajstić information content (AvgIpc) is 2.47. The third-order valence-electron chi connectivity index (χ3n) is 2.91. The lowest BCUT2D eigenvalue weighted by Crippen LogP contribution is -2.17. The van der Waals surface area contributed by atoms with Gasteiger partial charge in [0.2, 0.25) is 0 Å². The number of hydrogen-bond donors (Lipinski definition) is 2. The van der Waals surface area contributed by atoms with Crippen molar-refractivity contribution < 1.29 is 0 Å². The van der Waals surface area contributed by atoms with Crippen LogP contribution in [0.5, 0.6) is 0 Å². The third-order valence-corrected chi connectivity index (χ3v) is 2.91. The lowest BCUT2D eigenvalue weighted by atomic mass is 10.1. The summed E-state index contributed by atoms with van der Waals surface area (Å²) in [6, 6.07) is 21.0. The molecule has 0 fully saturated rings. The Balaban J connectivity index is 0.000000200. The van der Waals surface area contributed by atoms with Gasteiger partial charge in [-0.25, -0.2) is 0 Å². The summed E-state index contributed by atoms with van der Waals surface area (Å²) in [5.41, 5.74) is 13.7. The van der Waals surface area contributed by atoms with E-state index in [0.29, 0.717) is 0 Å². The summed E-state index contributed by atoms with van der Waals surface area (Å²) in [5.74, 6) is 0. The fraction of sp³-hybridized carbons (Fsp3) is 0.333. The average molecular weight is 270 g/mol. The molecule has 1 atom stereocenters. The van der Waals surface area contributed by atoms with Gasteiger partial charge >= 0.3 is 0 Å². The Morgan fingerprint density at radius 3 is 1.80 bits per heavy atom. The van der Waals surface area contributed by atoms with Crippen LogP contribution in [0.1, 0.15) is 24.5 Å². The molecule has 0 bridgehead atoms. The van der Waals surface area contributed by atoms with Gasteiger partial charge in [0.25, 0.3) is 0 Å². The quantitative estimate of drug-likeness (QED) is 0.877. The first-order valence-electron chi connectivity index (χ1n) is 7.26. The zero-order valence-electron chi connectivity index (χ0n) is 12.3. The number of nitrogens with two attached hydrogens (primary N) is 2. The third kappa shape index (κ3) is 7.72. The maximum absolute atomic E-state index is 5.62. The molecule has 2 heteroatoms. The van der Waals surface area contributed by atoms with Crippen LogP contribution in [0.2, 0.25) is 0 Å². The smallest absolute Gasteiger partial charge is 0.00509 e. The van der Waals surface area contributed by atoms with Gasteiger partial charge in [-0.2, -0.15) is 0 Å². The molecule has 2 aromatic carbocycles. The lowest BCUT2D eigenvalue weighted by Gasteiger charge is -2.02. The van der Waals surface area contributed by atoms with Crippen LogP contribution in [0.25, 0.3) is 0 Å². The van der Waals surface area contributed by atoms with Crippen LogP contribution < -0.4 is 11.5 Å². The van der Waals surface area contributed by atoms with Crippen LogP contribution in [0.3, 0.4) is 0 Å². The molecule has 108 valence electrons. The van der Waals surface area contributed by atoms with Crippen molar-refractivity contribution >= 4 is 0 Å². The highest BCUT2D eigenvalue weighted by Gasteiger charge is 1.94. The Bertz CT molecular complexity index is 437. The topological polar surface area (TPSA) is 52.0 Å². The molecule has 0 aliphatic rings. The Hall–Kier alpha value is -1.64. The normalized spacial score (nSPS) is 11.3. The van der Waals surface area contributed by atoms with E-state index in [1.54, 1.807) is 0 Å². The van der Waals surface area contributed by atoms with Crippen LogP contribution in [-0.2, 0) is 12.8 Å². The molecule has 2 aromatic rings. The molecule has 0 aromatic heterocycles. The molecule has 20 heavy (non-hydrogen) atoms. The van der Waals surface area contributed by atoms with Crippen molar-refractivity contribution in [1.29, 1.82) is 0 Å². The fourth-order valence-electron chi connectivity index (χ4n) is 1.94. The molecule has 0 saturated carbocycles. The molecular formula is C18H26N2. The zero-order chi connectivity index (χ0) is 14.6. The predicted molar refractivity (Wildman–Crippen MR) is 87.6 cm³/mol. The van der Waals surface area contributed by atoms with Gasteiger partial charge in [0.1, 0.15) is 0 Å². The summed E-state index contributed by atoms with van der Waals surface area (Å²) < 4.78 is 0. The minimum Gasteiger partial charge on any atom is -0.330 e. The Labute approximate surface area is 122 Å². The van der Waals surface area contributed by atoms with Crippen LogP contribution in [-0.4, -0.2) is 12.6 Å². The first-order valence-corrected chi connectivity index (χ1v) is 7.26. The van der Waals surface area contributed by atoms with E-state index in [1.807, 2.05) is 31.2 Å². The van der Waals surface area contributed by atoms with Crippen molar-refractivity contribution in [1.82, 2.24) is 0 Å². The number of hydrogen-bond acceptors (Lipinski definition) is 2. The Morgan fingerprint density at radius 1 is 0.850 bits per heavy atom. The SMILES string of the molecule is CC(N)Cc1ccccc1.NCCCc1ccccc1. The molecule has 0 spiro atoms. The summed E-state index contributed by atoms with van der Waals surface area (Å²) in [5, 5.41) is 0. The molecule has 0 aliphatic heterocycles. The van der Waals surface area contributed by atoms with Crippen molar-refractivity contribution in [3.05, 3.63) is 71.8 Å². The van der Waals surface area contributed by atoms with Gasteiger partial charge < -0.3 is 11.5 Å². The van der Waals surface area contributed by atoms with Gasteiger partial charge in [0.05, 0.1) is 0 Å². The molecule has 0 heterocycles. The first kappa shape index (κ1) is 16.4. The van der Waals surface area contributed by atoms with Crippen LogP contribution in [0.4, 0.5) is 0 Å². The lowest BCUT2D eigenvalue weighted by molar-refractivity contribution is 0.738. The van der Waals surface area contributed by atoms with Gasteiger partial charge in [0, 0.05) is 6.04 Å². The van der Waals surface area contributed by atoms with Gasteiger partial charge in [-0.3, -0.25) is 0 Å². The zero-order valence-corrected chi connectivity index (χ0v) is 12.3. The number of benzene rings is 2. The highest BCUT2D eigenvalue weighted by atomic mass is 14.6. The van der Waals surface area contributed by atoms with Gasteiger partial charge in [0.15, 0.2) is 0 Å². The maximum Gasteiger partial charge on any atom is 0.00509 e. The number of rotatable bonds is 5. The van der Waals surface area contributed by atoms with E-state index in [-0.39, 0.29) is 6.04 Å². The van der Waals surface area contributed by atoms with E-state index in [4.69, 9.17) is 11.5 Å². The van der Waals surface area contributed by atoms with Gasteiger partial charge in [-0.15, -0.1) is 0 Å². The second-order valence-electron chi connectivity index (χ2n) is 5.04. The standard InChI is InChI=1S/2C9H13N/c1-8(10)7-9-5-3-2-4-6-9;10-8-4-7-9-5-2-1-3-6-9/h2-6,8H,7,10H2,1H3;1-3,5-6H,4,7-8,10H2. The molecule has 0 saturated heterocycles. The molecule has 2 rings (SSSR count). The van der Waals surface area contributed by atoms with E-state index >= 15 is 0 Å². The van der Waals surface area contributed by atoms with E-state index in [2.05, 4.69) is 36.4 Å². The molecule has 0 amide bonds. The van der Waals surface area contributed by atoms with Crippen LogP contribution in [0, 0.1) is 0 Å². The summed E-state index contributed by atoms with van der Waals surface area (Å²) in [7, 11) is 0. The molecular weight excluding hydrogens is 244 g/mol. The largest absolute Gasteiger partial charge is 0.330 e. The predicted octanol–water partition coefficient (Wildman–Crippen LogP) is 3.15. The highest BCUT2D eigenvalue weighted by molar-refractivity contribution is 5.15. The summed E-state index contributed by atoms with van der Waals surface area (Å²) in [6.45, 7) is 2.81. The Morgan fingerprint density at radius 2 is 1.35 bits per heavy atom. The van der Waals surface area contributed by atoms with Crippen molar-refractivity contribution in [3.8, 4) is 0 Å². The minimum atomic E-state index is 0.266. The van der Waals surface area contributed by atoms with E-state index in [1.165, 1.54) is 11.1 Å². The summed E-state index contributed by atoms with van der Waals surface area (Å²) >= 11 is 0.